The molecule has 0 aliphatic heterocycles. The molecule has 2 atom stereocenters. The first kappa shape index (κ1) is 13.2. The van der Waals surface area contributed by atoms with Gasteiger partial charge in [-0.3, -0.25) is 4.79 Å². The molecule has 1 aliphatic rings. The van der Waals surface area contributed by atoms with Gasteiger partial charge in [-0.25, -0.2) is 4.99 Å². The van der Waals surface area contributed by atoms with Crippen molar-refractivity contribution in [2.24, 2.45) is 22.2 Å². The Morgan fingerprint density at radius 1 is 1.59 bits per heavy atom. The Bertz CT molecular complexity index is 398. The summed E-state index contributed by atoms with van der Waals surface area (Å²) >= 11 is 0. The van der Waals surface area contributed by atoms with Crippen LogP contribution in [0.2, 0.25) is 0 Å². The number of carboxylic acid groups (broad SMARTS) is 1. The number of nitrogens with two attached hydrogens (primary N) is 3. The molecule has 0 saturated carbocycles. The first-order valence-corrected chi connectivity index (χ1v) is 5.02. The Labute approximate surface area is 98.3 Å². The van der Waals surface area contributed by atoms with Crippen molar-refractivity contribution in [3.05, 3.63) is 23.8 Å². The van der Waals surface area contributed by atoms with E-state index in [0.29, 0.717) is 0 Å². The fraction of sp³-hybridized carbons (Fsp3) is 0.400. The van der Waals surface area contributed by atoms with Crippen LogP contribution < -0.4 is 17.2 Å². The van der Waals surface area contributed by atoms with Crippen molar-refractivity contribution in [2.45, 2.75) is 24.6 Å². The highest BCUT2D eigenvalue weighted by Crippen LogP contribution is 2.24. The summed E-state index contributed by atoms with van der Waals surface area (Å²) < 4.78 is 0. The van der Waals surface area contributed by atoms with Crippen LogP contribution in [-0.4, -0.2) is 33.9 Å². The number of hydrogen-bond acceptors (Lipinski definition) is 4. The molecule has 7 nitrogen and oxygen atoms in total. The number of guanidine groups is 1. The summed E-state index contributed by atoms with van der Waals surface area (Å²) in [6.07, 6.45) is 5.03. The van der Waals surface area contributed by atoms with E-state index in [-0.39, 0.29) is 18.8 Å². The molecule has 0 bridgehead atoms. The fourth-order valence-corrected chi connectivity index (χ4v) is 1.46. The molecule has 0 fully saturated rings. The molecule has 1 aliphatic carbocycles. The van der Waals surface area contributed by atoms with E-state index in [2.05, 4.69) is 4.99 Å². The second-order valence-electron chi connectivity index (χ2n) is 3.88. The van der Waals surface area contributed by atoms with Gasteiger partial charge in [0, 0.05) is 6.42 Å². The lowest BCUT2D eigenvalue weighted by Gasteiger charge is -2.22. The molecule has 0 aromatic carbocycles. The first-order valence-electron chi connectivity index (χ1n) is 5.02. The van der Waals surface area contributed by atoms with Gasteiger partial charge >= 0.3 is 5.97 Å². The third-order valence-corrected chi connectivity index (χ3v) is 2.32. The van der Waals surface area contributed by atoms with Gasteiger partial charge in [-0.2, -0.15) is 0 Å². The summed E-state index contributed by atoms with van der Waals surface area (Å²) in [5.74, 6) is -1.28. The van der Waals surface area contributed by atoms with E-state index < -0.39 is 17.7 Å². The number of allylic oxidation sites excluding steroid dienone is 1. The number of nitrogens with zero attached hydrogens (tertiary/aromatic N) is 1. The van der Waals surface area contributed by atoms with Crippen LogP contribution in [0, 0.1) is 0 Å². The largest absolute Gasteiger partial charge is 0.480 e. The van der Waals surface area contributed by atoms with Crippen molar-refractivity contribution in [1.29, 1.82) is 0 Å². The van der Waals surface area contributed by atoms with E-state index in [1.165, 1.54) is 6.08 Å². The number of carboxylic acids is 1. The Balaban J connectivity index is 2.66. The SMILES string of the molecule is NC(N)=NC1(O)C=CC(C[C@H](N)C(=O)O)=CC1. The summed E-state index contributed by atoms with van der Waals surface area (Å²) in [5.41, 5.74) is 15.0. The molecule has 0 heterocycles. The molecular formula is C10H16N4O3. The van der Waals surface area contributed by atoms with Crippen LogP contribution in [0.1, 0.15) is 12.8 Å². The molecule has 94 valence electrons. The van der Waals surface area contributed by atoms with Crippen LogP contribution in [-0.2, 0) is 4.79 Å². The molecule has 0 spiro atoms. The van der Waals surface area contributed by atoms with Gasteiger partial charge in [-0.05, 0) is 18.1 Å². The summed E-state index contributed by atoms with van der Waals surface area (Å²) in [4.78, 5) is 14.2. The average Bonchev–Trinajstić information content (AvgIpc) is 2.20. The zero-order valence-corrected chi connectivity index (χ0v) is 9.21. The van der Waals surface area contributed by atoms with Crippen molar-refractivity contribution in [1.82, 2.24) is 0 Å². The molecule has 0 aromatic rings. The summed E-state index contributed by atoms with van der Waals surface area (Å²) in [7, 11) is 0. The van der Waals surface area contributed by atoms with Crippen molar-refractivity contribution in [2.75, 3.05) is 0 Å². The van der Waals surface area contributed by atoms with Gasteiger partial charge < -0.3 is 27.4 Å². The van der Waals surface area contributed by atoms with E-state index in [1.54, 1.807) is 12.2 Å². The first-order chi connectivity index (χ1) is 7.82. The second kappa shape index (κ2) is 4.98. The molecule has 0 saturated heterocycles. The molecular weight excluding hydrogens is 224 g/mol. The van der Waals surface area contributed by atoms with Crippen molar-refractivity contribution < 1.29 is 15.0 Å². The smallest absolute Gasteiger partial charge is 0.320 e. The number of carbonyl (C=O) groups is 1. The maximum atomic E-state index is 10.6. The molecule has 0 amide bonds. The maximum absolute atomic E-state index is 10.6. The van der Waals surface area contributed by atoms with Crippen molar-refractivity contribution >= 4 is 11.9 Å². The second-order valence-corrected chi connectivity index (χ2v) is 3.88. The fourth-order valence-electron chi connectivity index (χ4n) is 1.46. The predicted molar refractivity (Wildman–Crippen MR) is 62.8 cm³/mol. The van der Waals surface area contributed by atoms with Gasteiger partial charge in [-0.15, -0.1) is 0 Å². The molecule has 8 N–H and O–H groups in total. The number of aliphatic imine (C=N–C) groups is 1. The maximum Gasteiger partial charge on any atom is 0.320 e. The van der Waals surface area contributed by atoms with Crippen LogP contribution in [0.25, 0.3) is 0 Å². The Morgan fingerprint density at radius 2 is 2.24 bits per heavy atom. The highest BCUT2D eigenvalue weighted by Gasteiger charge is 2.25. The van der Waals surface area contributed by atoms with Crippen LogP contribution in [0.15, 0.2) is 28.8 Å². The number of rotatable bonds is 4. The van der Waals surface area contributed by atoms with Gasteiger partial charge in [0.05, 0.1) is 0 Å². The normalized spacial score (nSPS) is 24.9. The zero-order valence-electron chi connectivity index (χ0n) is 9.21. The minimum atomic E-state index is -1.45. The minimum absolute atomic E-state index is 0.184. The van der Waals surface area contributed by atoms with Crippen LogP contribution in [0.5, 0.6) is 0 Å². The van der Waals surface area contributed by atoms with Crippen molar-refractivity contribution in [3.63, 3.8) is 0 Å². The lowest BCUT2D eigenvalue weighted by atomic mass is 9.96. The molecule has 1 unspecified atom stereocenters. The summed E-state index contributed by atoms with van der Waals surface area (Å²) in [5, 5.41) is 18.5. The Morgan fingerprint density at radius 3 is 2.65 bits per heavy atom. The highest BCUT2D eigenvalue weighted by atomic mass is 16.4. The Kier molecular flexibility index (Phi) is 3.87. The zero-order chi connectivity index (χ0) is 13.1. The average molecular weight is 240 g/mol. The minimum Gasteiger partial charge on any atom is -0.480 e. The van der Waals surface area contributed by atoms with Gasteiger partial charge in [0.1, 0.15) is 6.04 Å². The van der Waals surface area contributed by atoms with E-state index >= 15 is 0 Å². The summed E-state index contributed by atoms with van der Waals surface area (Å²) in [6.45, 7) is 0. The van der Waals surface area contributed by atoms with E-state index in [9.17, 15) is 9.90 Å². The molecule has 17 heavy (non-hydrogen) atoms. The lowest BCUT2D eigenvalue weighted by Crippen LogP contribution is -2.34. The quantitative estimate of drug-likeness (QED) is 0.302. The summed E-state index contributed by atoms with van der Waals surface area (Å²) in [6, 6.07) is -0.958. The predicted octanol–water partition coefficient (Wildman–Crippen LogP) is -1.36. The van der Waals surface area contributed by atoms with E-state index in [4.69, 9.17) is 22.3 Å². The van der Waals surface area contributed by atoms with Gasteiger partial charge in [0.15, 0.2) is 11.7 Å². The third-order valence-electron chi connectivity index (χ3n) is 2.32. The molecule has 1 rings (SSSR count). The standard InChI is InChI=1S/C10H16N4O3/c11-7(8(15)16)5-6-1-3-10(17,4-2-6)14-9(12)13/h1-3,7,17H,4-5,11H2,(H,15,16)(H4,12,13,14)/t7-,10?/m0/s1. The van der Waals surface area contributed by atoms with Gasteiger partial charge in [-0.1, -0.05) is 12.2 Å². The highest BCUT2D eigenvalue weighted by molar-refractivity contribution is 5.76. The monoisotopic (exact) mass is 240 g/mol. The van der Waals surface area contributed by atoms with Crippen LogP contribution >= 0.6 is 0 Å². The number of hydrogen-bond donors (Lipinski definition) is 5. The number of aliphatic hydroxyl groups is 1. The Hall–Kier alpha value is -1.86. The molecule has 7 heteroatoms. The van der Waals surface area contributed by atoms with Gasteiger partial charge in [0.2, 0.25) is 0 Å². The van der Waals surface area contributed by atoms with E-state index in [1.807, 2.05) is 0 Å². The van der Waals surface area contributed by atoms with Crippen LogP contribution in [0.3, 0.4) is 0 Å². The van der Waals surface area contributed by atoms with Crippen LogP contribution in [0.4, 0.5) is 0 Å². The number of aliphatic carboxylic acids is 1. The van der Waals surface area contributed by atoms with E-state index in [0.717, 1.165) is 5.57 Å². The topological polar surface area (TPSA) is 148 Å². The molecule has 0 aromatic heterocycles. The lowest BCUT2D eigenvalue weighted by molar-refractivity contribution is -0.138. The molecule has 0 radical (unpaired) electrons. The van der Waals surface area contributed by atoms with Crippen molar-refractivity contribution in [3.8, 4) is 0 Å². The van der Waals surface area contributed by atoms with Gasteiger partial charge in [0.25, 0.3) is 0 Å². The third kappa shape index (κ3) is 3.89.